The van der Waals surface area contributed by atoms with Crippen molar-refractivity contribution < 1.29 is 17.9 Å². The maximum absolute atomic E-state index is 13.0. The molecule has 0 bridgehead atoms. The fourth-order valence-electron chi connectivity index (χ4n) is 4.68. The van der Waals surface area contributed by atoms with E-state index in [-0.39, 0.29) is 23.2 Å². The molecular formula is C30H25N5O4S2. The number of hydrogen-bond donors (Lipinski definition) is 4. The minimum atomic E-state index is -3.81. The summed E-state index contributed by atoms with van der Waals surface area (Å²) in [7, 11) is -2.24. The van der Waals surface area contributed by atoms with E-state index in [0.29, 0.717) is 27.2 Å². The molecule has 206 valence electrons. The number of benzene rings is 3. The van der Waals surface area contributed by atoms with Crippen molar-refractivity contribution in [3.8, 4) is 16.9 Å². The lowest BCUT2D eigenvalue weighted by molar-refractivity contribution is 0.0946. The Morgan fingerprint density at radius 1 is 1.05 bits per heavy atom. The first-order valence-electron chi connectivity index (χ1n) is 12.6. The number of carbonyl (C=O) groups excluding carboxylic acids is 1. The maximum Gasteiger partial charge on any atom is 0.267 e. The van der Waals surface area contributed by atoms with Crippen molar-refractivity contribution in [2.45, 2.75) is 11.4 Å². The fraction of sp³-hybridized carbons (Fsp3) is 0.0667. The third kappa shape index (κ3) is 5.08. The van der Waals surface area contributed by atoms with Crippen LogP contribution in [0.15, 0.2) is 95.3 Å². The van der Waals surface area contributed by atoms with Crippen molar-refractivity contribution >= 4 is 59.8 Å². The van der Waals surface area contributed by atoms with E-state index >= 15 is 0 Å². The van der Waals surface area contributed by atoms with Gasteiger partial charge >= 0.3 is 0 Å². The molecule has 3 heterocycles. The topological polar surface area (TPSA) is 139 Å². The monoisotopic (exact) mass is 583 g/mol. The van der Waals surface area contributed by atoms with Gasteiger partial charge in [0.2, 0.25) is 0 Å². The summed E-state index contributed by atoms with van der Waals surface area (Å²) in [5, 5.41) is 6.46. The first kappa shape index (κ1) is 26.4. The van der Waals surface area contributed by atoms with Gasteiger partial charge in [0.15, 0.2) is 0 Å². The summed E-state index contributed by atoms with van der Waals surface area (Å²) in [6.45, 7) is 0.261. The van der Waals surface area contributed by atoms with Crippen molar-refractivity contribution in [3.63, 3.8) is 0 Å². The first-order valence-corrected chi connectivity index (χ1v) is 15.0. The molecular weight excluding hydrogens is 558 g/mol. The van der Waals surface area contributed by atoms with Crippen LogP contribution in [0.3, 0.4) is 0 Å². The van der Waals surface area contributed by atoms with Crippen LogP contribution in [0.5, 0.6) is 5.75 Å². The highest BCUT2D eigenvalue weighted by atomic mass is 32.2. The van der Waals surface area contributed by atoms with Gasteiger partial charge in [0.1, 0.15) is 17.3 Å². The van der Waals surface area contributed by atoms with Gasteiger partial charge in [-0.15, -0.1) is 11.3 Å². The average molecular weight is 584 g/mol. The van der Waals surface area contributed by atoms with Crippen LogP contribution in [-0.2, 0) is 16.6 Å². The number of nitrogens with one attached hydrogen (secondary N) is 3. The number of para-hydroxylation sites is 1. The summed E-state index contributed by atoms with van der Waals surface area (Å²) in [5.74, 6) is 0.652. The molecule has 0 saturated carbocycles. The number of aromatic nitrogens is 2. The number of rotatable bonds is 8. The molecule has 6 rings (SSSR count). The van der Waals surface area contributed by atoms with Gasteiger partial charge in [-0.3, -0.25) is 9.52 Å². The molecule has 6 aromatic rings. The number of nitrogens with zero attached hydrogens (tertiary/aromatic N) is 1. The fourth-order valence-corrected chi connectivity index (χ4v) is 6.88. The van der Waals surface area contributed by atoms with E-state index in [0.717, 1.165) is 27.6 Å². The van der Waals surface area contributed by atoms with Gasteiger partial charge in [-0.2, -0.15) is 0 Å². The van der Waals surface area contributed by atoms with Crippen molar-refractivity contribution in [1.82, 2.24) is 15.3 Å². The van der Waals surface area contributed by atoms with Crippen molar-refractivity contribution in [1.29, 1.82) is 0 Å². The van der Waals surface area contributed by atoms with Crippen molar-refractivity contribution in [2.75, 3.05) is 17.6 Å². The highest BCUT2D eigenvalue weighted by molar-refractivity contribution is 7.92. The van der Waals surface area contributed by atoms with Crippen LogP contribution >= 0.6 is 11.3 Å². The van der Waals surface area contributed by atoms with E-state index in [1.165, 1.54) is 29.7 Å². The molecule has 0 aliphatic heterocycles. The van der Waals surface area contributed by atoms with Crippen LogP contribution in [0.4, 0.5) is 11.5 Å². The lowest BCUT2D eigenvalue weighted by Gasteiger charge is -2.12. The zero-order valence-electron chi connectivity index (χ0n) is 21.8. The number of carbonyl (C=O) groups is 1. The maximum atomic E-state index is 13.0. The predicted molar refractivity (Wildman–Crippen MR) is 163 cm³/mol. The smallest absolute Gasteiger partial charge is 0.267 e. The molecule has 1 amide bonds. The minimum absolute atomic E-state index is 0.152. The number of hydrogen-bond acceptors (Lipinski definition) is 7. The molecule has 0 aliphatic rings. The lowest BCUT2D eigenvalue weighted by atomic mass is 10.0. The number of anilines is 2. The molecule has 0 spiro atoms. The summed E-state index contributed by atoms with van der Waals surface area (Å²) in [6.07, 6.45) is 1.43. The molecule has 41 heavy (non-hydrogen) atoms. The highest BCUT2D eigenvalue weighted by Gasteiger charge is 2.20. The van der Waals surface area contributed by atoms with Gasteiger partial charge in [-0.05, 0) is 35.9 Å². The van der Waals surface area contributed by atoms with E-state index in [2.05, 4.69) is 20.0 Å². The molecule has 0 saturated heterocycles. The van der Waals surface area contributed by atoms with Crippen LogP contribution < -0.4 is 20.5 Å². The Balaban J connectivity index is 1.27. The number of nitrogen functional groups attached to an aromatic ring is 1. The summed E-state index contributed by atoms with van der Waals surface area (Å²) >= 11 is 1.37. The van der Waals surface area contributed by atoms with Crippen molar-refractivity contribution in [2.24, 2.45) is 0 Å². The number of amides is 1. The molecule has 11 heteroatoms. The zero-order valence-corrected chi connectivity index (χ0v) is 23.5. The first-order chi connectivity index (χ1) is 19.8. The molecule has 3 aromatic heterocycles. The van der Waals surface area contributed by atoms with Crippen molar-refractivity contribution in [3.05, 3.63) is 102 Å². The Labute approximate surface area is 240 Å². The largest absolute Gasteiger partial charge is 0.496 e. The molecule has 0 aliphatic carbocycles. The van der Waals surface area contributed by atoms with E-state index in [9.17, 15) is 13.2 Å². The third-order valence-electron chi connectivity index (χ3n) is 6.73. The number of nitrogens with two attached hydrogens (primary N) is 1. The number of ether oxygens (including phenoxy) is 1. The number of pyridine rings is 1. The van der Waals surface area contributed by atoms with Crippen LogP contribution in [-0.4, -0.2) is 31.4 Å². The quantitative estimate of drug-likeness (QED) is 0.180. The van der Waals surface area contributed by atoms with Crippen LogP contribution in [0.1, 0.15) is 16.1 Å². The van der Waals surface area contributed by atoms with Crippen LogP contribution in [0, 0.1) is 0 Å². The number of thiophene rings is 1. The summed E-state index contributed by atoms with van der Waals surface area (Å²) in [5.41, 5.74) is 10.4. The molecule has 0 unspecified atom stereocenters. The van der Waals surface area contributed by atoms with E-state index in [4.69, 9.17) is 10.5 Å². The molecule has 0 radical (unpaired) electrons. The number of aromatic amines is 1. The SMILES string of the molecule is COc1cc(-c2csc3c(NS(=O)(=O)c4ccccc4)cnc(N)c23)ccc1CNC(=O)c1cc2ccccc2[nH]1. The van der Waals surface area contributed by atoms with E-state index in [1.807, 2.05) is 53.9 Å². The summed E-state index contributed by atoms with van der Waals surface area (Å²) in [4.78, 5) is 20.4. The Morgan fingerprint density at radius 2 is 1.83 bits per heavy atom. The lowest BCUT2D eigenvalue weighted by Crippen LogP contribution is -2.23. The predicted octanol–water partition coefficient (Wildman–Crippen LogP) is 5.77. The summed E-state index contributed by atoms with van der Waals surface area (Å²) < 4.78 is 34.9. The second kappa shape index (κ2) is 10.6. The normalized spacial score (nSPS) is 11.5. The second-order valence-electron chi connectivity index (χ2n) is 9.31. The van der Waals surface area contributed by atoms with Gasteiger partial charge in [0, 0.05) is 39.3 Å². The van der Waals surface area contributed by atoms with Gasteiger partial charge < -0.3 is 20.8 Å². The number of methoxy groups -OCH3 is 1. The summed E-state index contributed by atoms with van der Waals surface area (Å²) in [6, 6.07) is 23.3. The molecule has 3 aromatic carbocycles. The molecule has 9 nitrogen and oxygen atoms in total. The third-order valence-corrected chi connectivity index (χ3v) is 9.13. The van der Waals surface area contributed by atoms with Gasteiger partial charge in [-0.1, -0.05) is 48.5 Å². The number of sulfonamides is 1. The van der Waals surface area contributed by atoms with Crippen LogP contribution in [0.25, 0.3) is 32.1 Å². The standard InChI is InChI=1S/C30H25N5O4S2/c1-39-26-14-18(11-12-20(26)15-33-30(36)24-13-19-7-5-6-10-23(19)34-24)22-17-40-28-25(16-32-29(31)27(22)28)35-41(37,38)21-8-3-2-4-9-21/h2-14,16-17,34-35H,15H2,1H3,(H2,31,32)(H,33,36). The zero-order chi connectivity index (χ0) is 28.6. The minimum Gasteiger partial charge on any atom is -0.496 e. The molecule has 5 N–H and O–H groups in total. The van der Waals surface area contributed by atoms with Gasteiger partial charge in [-0.25, -0.2) is 13.4 Å². The molecule has 0 atom stereocenters. The van der Waals surface area contributed by atoms with Gasteiger partial charge in [0.25, 0.3) is 15.9 Å². The number of H-pyrrole nitrogens is 1. The Hall–Kier alpha value is -4.87. The Kier molecular flexibility index (Phi) is 6.82. The Morgan fingerprint density at radius 3 is 2.61 bits per heavy atom. The van der Waals surface area contributed by atoms with Gasteiger partial charge in [0.05, 0.1) is 28.6 Å². The Bertz CT molecular complexity index is 1980. The highest BCUT2D eigenvalue weighted by Crippen LogP contribution is 2.42. The number of fused-ring (bicyclic) bond motifs is 2. The second-order valence-corrected chi connectivity index (χ2v) is 11.9. The molecule has 0 fully saturated rings. The van der Waals surface area contributed by atoms with Crippen LogP contribution in [0.2, 0.25) is 0 Å². The average Bonchev–Trinajstić information content (AvgIpc) is 3.64. The van der Waals surface area contributed by atoms with E-state index in [1.54, 1.807) is 25.3 Å². The van der Waals surface area contributed by atoms with E-state index < -0.39 is 10.0 Å².